The van der Waals surface area contributed by atoms with Gasteiger partial charge in [-0.2, -0.15) is 0 Å². The lowest BCUT2D eigenvalue weighted by Crippen LogP contribution is -2.40. The van der Waals surface area contributed by atoms with E-state index in [9.17, 15) is 8.42 Å². The van der Waals surface area contributed by atoms with E-state index in [1.807, 2.05) is 19.0 Å². The van der Waals surface area contributed by atoms with Crippen molar-refractivity contribution in [2.75, 3.05) is 46.3 Å². The highest BCUT2D eigenvalue weighted by atomic mass is 32.2. The summed E-state index contributed by atoms with van der Waals surface area (Å²) in [5.74, 6) is 0.728. The fourth-order valence-corrected chi connectivity index (χ4v) is 5.72. The molecule has 0 saturated carbocycles. The molecule has 0 spiro atoms. The zero-order valence-electron chi connectivity index (χ0n) is 20.7. The number of nitrogens with one attached hydrogen (secondary N) is 1. The second-order valence-corrected chi connectivity index (χ2v) is 10.6. The molecular formula is C27H33N3O4S. The first-order valence-electron chi connectivity index (χ1n) is 11.6. The molecule has 1 aliphatic heterocycles. The molecule has 4 rings (SSSR count). The Morgan fingerprint density at radius 2 is 1.69 bits per heavy atom. The first-order chi connectivity index (χ1) is 16.8. The molecule has 0 aliphatic carbocycles. The Hall–Kier alpha value is -3.07. The third kappa shape index (κ3) is 5.61. The molecule has 7 nitrogen and oxygen atoms in total. The quantitative estimate of drug-likeness (QED) is 0.486. The molecule has 1 aliphatic rings. The Bertz CT molecular complexity index is 1260. The topological polar surface area (TPSA) is 71.1 Å². The molecule has 1 N–H and O–H groups in total. The minimum Gasteiger partial charge on any atom is -0.497 e. The molecule has 1 atom stereocenters. The number of hydrogen-bond acceptors (Lipinski definition) is 6. The number of methoxy groups -OCH3 is 2. The van der Waals surface area contributed by atoms with Crippen LogP contribution in [-0.2, 0) is 23.0 Å². The van der Waals surface area contributed by atoms with Crippen molar-refractivity contribution in [3.63, 3.8) is 0 Å². The number of hydrogen-bond donors (Lipinski definition) is 1. The summed E-state index contributed by atoms with van der Waals surface area (Å²) in [6.07, 6.45) is 0.929. The minimum atomic E-state index is -3.85. The van der Waals surface area contributed by atoms with Crippen LogP contribution in [0.3, 0.4) is 0 Å². The van der Waals surface area contributed by atoms with E-state index in [0.717, 1.165) is 30.8 Å². The molecular weight excluding hydrogens is 462 g/mol. The van der Waals surface area contributed by atoms with Gasteiger partial charge in [-0.1, -0.05) is 36.4 Å². The van der Waals surface area contributed by atoms with Crippen molar-refractivity contribution in [1.82, 2.24) is 9.62 Å². The molecule has 1 unspecified atom stereocenters. The van der Waals surface area contributed by atoms with Gasteiger partial charge >= 0.3 is 0 Å². The van der Waals surface area contributed by atoms with Gasteiger partial charge in [0, 0.05) is 51.5 Å². The summed E-state index contributed by atoms with van der Waals surface area (Å²) in [6.45, 7) is 1.84. The first-order valence-corrected chi connectivity index (χ1v) is 13.1. The zero-order chi connectivity index (χ0) is 25.0. The van der Waals surface area contributed by atoms with Crippen LogP contribution in [0.1, 0.15) is 22.7 Å². The Balaban J connectivity index is 1.63. The summed E-state index contributed by atoms with van der Waals surface area (Å²) in [7, 11) is 3.12. The summed E-state index contributed by atoms with van der Waals surface area (Å²) in [6, 6.07) is 21.4. The molecule has 3 aromatic rings. The lowest BCUT2D eigenvalue weighted by atomic mass is 9.96. The molecule has 0 fully saturated rings. The average Bonchev–Trinajstić information content (AvgIpc) is 2.88. The summed E-state index contributed by atoms with van der Waals surface area (Å²) >= 11 is 0. The van der Waals surface area contributed by atoms with E-state index in [0.29, 0.717) is 5.75 Å². The SMILES string of the molecule is COc1ccc(OC)c(S(=O)(=O)NCC(c2ccc(N(C)C)cc2)N2CCc3ccccc3C2)c1. The van der Waals surface area contributed by atoms with Crippen LogP contribution in [0.25, 0.3) is 0 Å². The number of anilines is 1. The molecule has 0 aromatic heterocycles. The maximum atomic E-state index is 13.4. The Labute approximate surface area is 208 Å². The molecule has 35 heavy (non-hydrogen) atoms. The molecule has 0 bridgehead atoms. The highest BCUT2D eigenvalue weighted by molar-refractivity contribution is 7.89. The number of ether oxygens (including phenoxy) is 2. The van der Waals surface area contributed by atoms with E-state index in [-0.39, 0.29) is 23.2 Å². The van der Waals surface area contributed by atoms with Crippen molar-refractivity contribution in [2.24, 2.45) is 0 Å². The van der Waals surface area contributed by atoms with Crippen molar-refractivity contribution in [2.45, 2.75) is 23.9 Å². The maximum Gasteiger partial charge on any atom is 0.244 e. The number of sulfonamides is 1. The summed E-state index contributed by atoms with van der Waals surface area (Å²) in [4.78, 5) is 4.46. The van der Waals surface area contributed by atoms with E-state index in [2.05, 4.69) is 58.2 Å². The van der Waals surface area contributed by atoms with Crippen LogP contribution in [0.15, 0.2) is 71.6 Å². The summed E-state index contributed by atoms with van der Waals surface area (Å²) in [5.41, 5.74) is 4.80. The largest absolute Gasteiger partial charge is 0.497 e. The predicted molar refractivity (Wildman–Crippen MR) is 139 cm³/mol. The molecule has 1 heterocycles. The Morgan fingerprint density at radius 3 is 2.34 bits per heavy atom. The van der Waals surface area contributed by atoms with Crippen molar-refractivity contribution in [1.29, 1.82) is 0 Å². The number of nitrogens with zero attached hydrogens (tertiary/aromatic N) is 2. The molecule has 0 amide bonds. The highest BCUT2D eigenvalue weighted by Crippen LogP contribution is 2.31. The van der Waals surface area contributed by atoms with E-state index < -0.39 is 10.0 Å². The van der Waals surface area contributed by atoms with Gasteiger partial charge in [-0.15, -0.1) is 0 Å². The van der Waals surface area contributed by atoms with Gasteiger partial charge in [0.2, 0.25) is 10.0 Å². The van der Waals surface area contributed by atoms with Crippen LogP contribution in [0.5, 0.6) is 11.5 Å². The Morgan fingerprint density at radius 1 is 0.971 bits per heavy atom. The third-order valence-electron chi connectivity index (χ3n) is 6.52. The lowest BCUT2D eigenvalue weighted by molar-refractivity contribution is 0.180. The average molecular weight is 496 g/mol. The summed E-state index contributed by atoms with van der Waals surface area (Å²) in [5, 5.41) is 0. The van der Waals surface area contributed by atoms with Crippen molar-refractivity contribution >= 4 is 15.7 Å². The standard InChI is InChI=1S/C27H33N3O4S/c1-29(2)23-11-9-21(10-12-23)25(30-16-15-20-7-5-6-8-22(20)19-30)18-28-35(31,32)27-17-24(33-3)13-14-26(27)34-4/h5-14,17,25,28H,15-16,18-19H2,1-4H3. The van der Waals surface area contributed by atoms with E-state index >= 15 is 0 Å². The van der Waals surface area contributed by atoms with E-state index in [1.54, 1.807) is 12.1 Å². The minimum absolute atomic E-state index is 0.0602. The predicted octanol–water partition coefficient (Wildman–Crippen LogP) is 3.85. The number of rotatable bonds is 9. The molecule has 8 heteroatoms. The zero-order valence-corrected chi connectivity index (χ0v) is 21.5. The van der Waals surface area contributed by atoms with Crippen LogP contribution >= 0.6 is 0 Å². The molecule has 3 aromatic carbocycles. The normalized spacial score (nSPS) is 14.7. The highest BCUT2D eigenvalue weighted by Gasteiger charge is 2.28. The fraction of sp³-hybridized carbons (Fsp3) is 0.333. The van der Waals surface area contributed by atoms with Crippen LogP contribution in [0, 0.1) is 0 Å². The maximum absolute atomic E-state index is 13.4. The van der Waals surface area contributed by atoms with Gasteiger partial charge in [0.05, 0.1) is 14.2 Å². The van der Waals surface area contributed by atoms with Gasteiger partial charge in [0.25, 0.3) is 0 Å². The van der Waals surface area contributed by atoms with Crippen molar-refractivity contribution in [3.05, 3.63) is 83.4 Å². The summed E-state index contributed by atoms with van der Waals surface area (Å²) < 4.78 is 40.1. The number of benzene rings is 3. The smallest absolute Gasteiger partial charge is 0.244 e. The first kappa shape index (κ1) is 25.0. The van der Waals surface area contributed by atoms with Crippen LogP contribution in [0.4, 0.5) is 5.69 Å². The molecule has 0 saturated heterocycles. The van der Waals surface area contributed by atoms with Gasteiger partial charge in [0.15, 0.2) is 0 Å². The van der Waals surface area contributed by atoms with Crippen LogP contribution in [0.2, 0.25) is 0 Å². The molecule has 186 valence electrons. The van der Waals surface area contributed by atoms with Gasteiger partial charge in [-0.3, -0.25) is 4.90 Å². The van der Waals surface area contributed by atoms with E-state index in [1.165, 1.54) is 31.4 Å². The van der Waals surface area contributed by atoms with Crippen molar-refractivity contribution < 1.29 is 17.9 Å². The van der Waals surface area contributed by atoms with Gasteiger partial charge in [-0.05, 0) is 47.4 Å². The third-order valence-corrected chi connectivity index (χ3v) is 7.97. The van der Waals surface area contributed by atoms with Crippen molar-refractivity contribution in [3.8, 4) is 11.5 Å². The van der Waals surface area contributed by atoms with Gasteiger partial charge in [-0.25, -0.2) is 13.1 Å². The van der Waals surface area contributed by atoms with Crippen LogP contribution < -0.4 is 19.1 Å². The van der Waals surface area contributed by atoms with Gasteiger partial charge in [0.1, 0.15) is 16.4 Å². The fourth-order valence-electron chi connectivity index (χ4n) is 4.50. The second kappa shape index (κ2) is 10.7. The lowest BCUT2D eigenvalue weighted by Gasteiger charge is -2.36. The number of fused-ring (bicyclic) bond motifs is 1. The van der Waals surface area contributed by atoms with Gasteiger partial charge < -0.3 is 14.4 Å². The van der Waals surface area contributed by atoms with Crippen LogP contribution in [-0.4, -0.2) is 54.7 Å². The second-order valence-electron chi connectivity index (χ2n) is 8.86. The monoisotopic (exact) mass is 495 g/mol. The van der Waals surface area contributed by atoms with E-state index in [4.69, 9.17) is 9.47 Å². The molecule has 0 radical (unpaired) electrons. The Kier molecular flexibility index (Phi) is 7.64.